The van der Waals surface area contributed by atoms with Gasteiger partial charge in [0.1, 0.15) is 0 Å². The molecule has 0 radical (unpaired) electrons. The largest absolute Gasteiger partial charge is 0.417 e. The van der Waals surface area contributed by atoms with Crippen molar-refractivity contribution < 1.29 is 22.8 Å². The van der Waals surface area contributed by atoms with Crippen LogP contribution in [-0.2, 0) is 6.18 Å². The van der Waals surface area contributed by atoms with Gasteiger partial charge in [0, 0.05) is 23.5 Å². The van der Waals surface area contributed by atoms with E-state index in [2.05, 4.69) is 20.7 Å². The molecule has 1 aliphatic carbocycles. The van der Waals surface area contributed by atoms with Crippen molar-refractivity contribution in [2.24, 2.45) is 0 Å². The summed E-state index contributed by atoms with van der Waals surface area (Å²) in [5.41, 5.74) is 0.950. The van der Waals surface area contributed by atoms with Crippen molar-refractivity contribution in [1.82, 2.24) is 20.1 Å². The topological polar surface area (TPSA) is 88.9 Å². The van der Waals surface area contributed by atoms with Gasteiger partial charge in [-0.2, -0.15) is 18.3 Å². The maximum atomic E-state index is 13.0. The predicted octanol–water partition coefficient (Wildman–Crippen LogP) is 5.33. The third kappa shape index (κ3) is 5.52. The van der Waals surface area contributed by atoms with E-state index in [1.54, 1.807) is 24.3 Å². The third-order valence-electron chi connectivity index (χ3n) is 5.99. The summed E-state index contributed by atoms with van der Waals surface area (Å²) in [7, 11) is 0. The fraction of sp³-hybridized carbons (Fsp3) is 0.360. The Morgan fingerprint density at radius 1 is 1.00 bits per heavy atom. The molecule has 0 unspecified atom stereocenters. The molecule has 0 aliphatic heterocycles. The second-order valence-corrected chi connectivity index (χ2v) is 8.90. The van der Waals surface area contributed by atoms with Gasteiger partial charge in [0.25, 0.3) is 11.8 Å². The zero-order valence-corrected chi connectivity index (χ0v) is 19.4. The van der Waals surface area contributed by atoms with Crippen LogP contribution in [0.1, 0.15) is 77.4 Å². The molecule has 35 heavy (non-hydrogen) atoms. The number of amides is 2. The molecule has 2 aromatic heterocycles. The number of carbonyl (C=O) groups excluding carboxylic acids is 2. The number of anilines is 1. The van der Waals surface area contributed by atoms with Crippen LogP contribution in [0, 0.1) is 0 Å². The number of carbonyl (C=O) groups is 2. The Balaban J connectivity index is 1.49. The van der Waals surface area contributed by atoms with Crippen molar-refractivity contribution in [2.45, 2.75) is 57.7 Å². The molecule has 0 bridgehead atoms. The smallest absolute Gasteiger partial charge is 0.349 e. The summed E-state index contributed by atoms with van der Waals surface area (Å²) in [5.74, 6) is -0.542. The maximum Gasteiger partial charge on any atom is 0.417 e. The minimum absolute atomic E-state index is 0.137. The molecule has 10 heteroatoms. The number of nitrogens with zero attached hydrogens (tertiary/aromatic N) is 3. The van der Waals surface area contributed by atoms with Gasteiger partial charge in [-0.3, -0.25) is 9.59 Å². The van der Waals surface area contributed by atoms with Gasteiger partial charge in [-0.25, -0.2) is 9.67 Å². The average Bonchev–Trinajstić information content (AvgIpc) is 3.49. The van der Waals surface area contributed by atoms with Gasteiger partial charge in [0.2, 0.25) is 0 Å². The highest BCUT2D eigenvalue weighted by Crippen LogP contribution is 2.29. The fourth-order valence-corrected chi connectivity index (χ4v) is 4.19. The molecule has 1 aliphatic rings. The fourth-order valence-electron chi connectivity index (χ4n) is 4.19. The van der Waals surface area contributed by atoms with Crippen LogP contribution in [0.5, 0.6) is 0 Å². The summed E-state index contributed by atoms with van der Waals surface area (Å²) >= 11 is 0. The van der Waals surface area contributed by atoms with E-state index in [4.69, 9.17) is 0 Å². The van der Waals surface area contributed by atoms with Crippen LogP contribution in [0.25, 0.3) is 5.82 Å². The Morgan fingerprint density at radius 2 is 1.69 bits per heavy atom. The lowest BCUT2D eigenvalue weighted by molar-refractivity contribution is -0.137. The first-order valence-corrected chi connectivity index (χ1v) is 11.5. The van der Waals surface area contributed by atoms with E-state index in [0.717, 1.165) is 37.9 Å². The number of rotatable bonds is 6. The van der Waals surface area contributed by atoms with E-state index < -0.39 is 17.6 Å². The zero-order chi connectivity index (χ0) is 25.2. The monoisotopic (exact) mass is 485 g/mol. The molecule has 0 atom stereocenters. The van der Waals surface area contributed by atoms with E-state index in [-0.39, 0.29) is 29.2 Å². The first-order valence-electron chi connectivity index (χ1n) is 11.5. The first kappa shape index (κ1) is 24.4. The van der Waals surface area contributed by atoms with Crippen molar-refractivity contribution in [3.05, 3.63) is 71.2 Å². The molecule has 0 spiro atoms. The molecule has 184 valence electrons. The lowest BCUT2D eigenvalue weighted by Crippen LogP contribution is -2.32. The first-order chi connectivity index (χ1) is 16.6. The Bertz CT molecular complexity index is 1200. The van der Waals surface area contributed by atoms with Crippen LogP contribution < -0.4 is 10.6 Å². The SMILES string of the molecule is CC(C)c1c(C(=O)Nc2ccc(C(=O)NC3CCCC3)cc2)cnn1-c1ccc(C(F)(F)F)cn1. The van der Waals surface area contributed by atoms with Crippen molar-refractivity contribution in [1.29, 1.82) is 0 Å². The summed E-state index contributed by atoms with van der Waals surface area (Å²) < 4.78 is 40.0. The molecule has 1 aromatic carbocycles. The number of nitrogens with one attached hydrogen (secondary N) is 2. The average molecular weight is 486 g/mol. The summed E-state index contributed by atoms with van der Waals surface area (Å²) in [5, 5.41) is 10.0. The predicted molar refractivity (Wildman–Crippen MR) is 125 cm³/mol. The Morgan fingerprint density at radius 3 is 2.26 bits per heavy atom. The van der Waals surface area contributed by atoms with Gasteiger partial charge in [-0.1, -0.05) is 26.7 Å². The van der Waals surface area contributed by atoms with Crippen LogP contribution in [0.4, 0.5) is 18.9 Å². The summed E-state index contributed by atoms with van der Waals surface area (Å²) in [6, 6.07) is 8.97. The van der Waals surface area contributed by atoms with Gasteiger partial charge in [-0.05, 0) is 55.2 Å². The van der Waals surface area contributed by atoms with Gasteiger partial charge in [0.05, 0.1) is 23.0 Å². The highest BCUT2D eigenvalue weighted by Gasteiger charge is 2.31. The normalized spacial score (nSPS) is 14.3. The minimum atomic E-state index is -4.49. The number of benzene rings is 1. The van der Waals surface area contributed by atoms with Crippen LogP contribution in [-0.4, -0.2) is 32.6 Å². The third-order valence-corrected chi connectivity index (χ3v) is 5.99. The quantitative estimate of drug-likeness (QED) is 0.494. The molecule has 2 heterocycles. The molecule has 1 fully saturated rings. The van der Waals surface area contributed by atoms with E-state index in [0.29, 0.717) is 16.9 Å². The molecule has 3 aromatic rings. The molecular weight excluding hydrogens is 459 g/mol. The van der Waals surface area contributed by atoms with Crippen LogP contribution in [0.15, 0.2) is 48.8 Å². The molecule has 1 saturated carbocycles. The lowest BCUT2D eigenvalue weighted by Gasteiger charge is -2.14. The maximum absolute atomic E-state index is 13.0. The van der Waals surface area contributed by atoms with Crippen molar-refractivity contribution in [2.75, 3.05) is 5.32 Å². The summed E-state index contributed by atoms with van der Waals surface area (Å²) in [4.78, 5) is 29.3. The van der Waals surface area contributed by atoms with Crippen LogP contribution in [0.3, 0.4) is 0 Å². The number of aromatic nitrogens is 3. The van der Waals surface area contributed by atoms with Gasteiger partial charge in [0.15, 0.2) is 5.82 Å². The molecule has 7 nitrogen and oxygen atoms in total. The molecule has 0 saturated heterocycles. The Hall–Kier alpha value is -3.69. The number of hydrogen-bond donors (Lipinski definition) is 2. The molecule has 2 N–H and O–H groups in total. The second-order valence-electron chi connectivity index (χ2n) is 8.90. The zero-order valence-electron chi connectivity index (χ0n) is 19.4. The lowest BCUT2D eigenvalue weighted by atomic mass is 10.1. The Kier molecular flexibility index (Phi) is 6.90. The van der Waals surface area contributed by atoms with Gasteiger partial charge >= 0.3 is 6.18 Å². The van der Waals surface area contributed by atoms with E-state index in [1.165, 1.54) is 16.9 Å². The molecular formula is C25H26F3N5O2. The number of pyridine rings is 1. The van der Waals surface area contributed by atoms with Crippen molar-refractivity contribution >= 4 is 17.5 Å². The summed E-state index contributed by atoms with van der Waals surface area (Å²) in [6.07, 6.45) is 1.86. The van der Waals surface area contributed by atoms with Crippen LogP contribution in [0.2, 0.25) is 0 Å². The Labute approximate surface area is 200 Å². The number of alkyl halides is 3. The van der Waals surface area contributed by atoms with Gasteiger partial charge < -0.3 is 10.6 Å². The van der Waals surface area contributed by atoms with Crippen molar-refractivity contribution in [3.8, 4) is 5.82 Å². The standard InChI is InChI=1S/C25H26F3N5O2/c1-15(2)22-20(14-30-33(22)21-12-9-17(13-29-21)25(26,27)28)24(35)32-19-10-7-16(8-11-19)23(34)31-18-5-3-4-6-18/h7-15,18H,3-6H2,1-2H3,(H,31,34)(H,32,35). The minimum Gasteiger partial charge on any atom is -0.349 e. The number of halogens is 3. The number of hydrogen-bond acceptors (Lipinski definition) is 4. The molecule has 4 rings (SSSR count). The van der Waals surface area contributed by atoms with E-state index in [1.807, 2.05) is 13.8 Å². The highest BCUT2D eigenvalue weighted by molar-refractivity contribution is 6.05. The molecule has 2 amide bonds. The van der Waals surface area contributed by atoms with E-state index >= 15 is 0 Å². The summed E-state index contributed by atoms with van der Waals surface area (Å²) in [6.45, 7) is 3.71. The van der Waals surface area contributed by atoms with E-state index in [9.17, 15) is 22.8 Å². The highest BCUT2D eigenvalue weighted by atomic mass is 19.4. The van der Waals surface area contributed by atoms with Gasteiger partial charge in [-0.15, -0.1) is 0 Å². The van der Waals surface area contributed by atoms with Crippen molar-refractivity contribution in [3.63, 3.8) is 0 Å². The van der Waals surface area contributed by atoms with Crippen LogP contribution >= 0.6 is 0 Å². The second kappa shape index (κ2) is 9.89.